The predicted molar refractivity (Wildman–Crippen MR) is 66.2 cm³/mol. The van der Waals surface area contributed by atoms with Gasteiger partial charge in [0.2, 0.25) is 0 Å². The van der Waals surface area contributed by atoms with Crippen LogP contribution in [0, 0.1) is 0 Å². The lowest BCUT2D eigenvalue weighted by molar-refractivity contribution is 0.133. The van der Waals surface area contributed by atoms with E-state index in [0.29, 0.717) is 0 Å². The molecule has 1 aliphatic heterocycles. The van der Waals surface area contributed by atoms with E-state index in [4.69, 9.17) is 0 Å². The normalized spacial score (nSPS) is 19.3. The second kappa shape index (κ2) is 7.85. The summed E-state index contributed by atoms with van der Waals surface area (Å²) in [5, 5.41) is 3.35. The first-order valence-electron chi connectivity index (χ1n) is 6.13. The summed E-state index contributed by atoms with van der Waals surface area (Å²) in [6.07, 6.45) is 3.19. The summed E-state index contributed by atoms with van der Waals surface area (Å²) < 4.78 is 0. The lowest BCUT2D eigenvalue weighted by atomic mass is 10.3. The third-order valence-electron chi connectivity index (χ3n) is 2.90. The Labute approximate surface area is 94.1 Å². The third kappa shape index (κ3) is 5.30. The second-order valence-corrected chi connectivity index (χ2v) is 4.18. The summed E-state index contributed by atoms with van der Waals surface area (Å²) in [6, 6.07) is 0. The van der Waals surface area contributed by atoms with Gasteiger partial charge in [0.1, 0.15) is 0 Å². The quantitative estimate of drug-likeness (QED) is 0.496. The van der Waals surface area contributed by atoms with Gasteiger partial charge in [-0.15, -0.1) is 6.58 Å². The van der Waals surface area contributed by atoms with Gasteiger partial charge in [0.05, 0.1) is 0 Å². The van der Waals surface area contributed by atoms with Crippen LogP contribution in [-0.4, -0.2) is 62.2 Å². The predicted octanol–water partition coefficient (Wildman–Crippen LogP) is 0.790. The van der Waals surface area contributed by atoms with Crippen LogP contribution < -0.4 is 5.32 Å². The molecule has 1 rings (SSSR count). The van der Waals surface area contributed by atoms with Crippen molar-refractivity contribution in [3.05, 3.63) is 12.7 Å². The number of piperazine rings is 1. The summed E-state index contributed by atoms with van der Waals surface area (Å²) in [6.45, 7) is 15.4. The van der Waals surface area contributed by atoms with E-state index < -0.39 is 0 Å². The van der Waals surface area contributed by atoms with Crippen LogP contribution >= 0.6 is 0 Å². The molecule has 1 heterocycles. The molecule has 0 bridgehead atoms. The van der Waals surface area contributed by atoms with Gasteiger partial charge in [-0.1, -0.05) is 13.0 Å². The number of nitrogens with zero attached hydrogens (tertiary/aromatic N) is 2. The smallest absolute Gasteiger partial charge is 0.0132 e. The highest BCUT2D eigenvalue weighted by molar-refractivity contribution is 4.74. The van der Waals surface area contributed by atoms with Crippen molar-refractivity contribution >= 4 is 0 Å². The fraction of sp³-hybridized carbons (Fsp3) is 0.833. The summed E-state index contributed by atoms with van der Waals surface area (Å²) in [7, 11) is 0. The minimum Gasteiger partial charge on any atom is -0.312 e. The van der Waals surface area contributed by atoms with Crippen LogP contribution in [0.15, 0.2) is 12.7 Å². The minimum absolute atomic E-state index is 0.926. The van der Waals surface area contributed by atoms with Gasteiger partial charge in [-0.05, 0) is 13.0 Å². The SMILES string of the molecule is C=CCNCCN1CCN(CCC)CC1. The monoisotopic (exact) mass is 211 g/mol. The standard InChI is InChI=1S/C12H25N3/c1-3-5-13-6-8-15-11-9-14(7-4-2)10-12-15/h3,13H,1,4-12H2,2H3. The molecule has 1 aliphatic rings. The molecule has 0 aromatic carbocycles. The maximum Gasteiger partial charge on any atom is 0.0132 e. The third-order valence-corrected chi connectivity index (χ3v) is 2.90. The molecule has 0 aromatic rings. The molecule has 88 valence electrons. The van der Waals surface area contributed by atoms with Gasteiger partial charge in [-0.25, -0.2) is 0 Å². The number of nitrogens with one attached hydrogen (secondary N) is 1. The topological polar surface area (TPSA) is 18.5 Å². The van der Waals surface area contributed by atoms with E-state index in [1.165, 1.54) is 45.7 Å². The van der Waals surface area contributed by atoms with Crippen molar-refractivity contribution in [1.82, 2.24) is 15.1 Å². The van der Waals surface area contributed by atoms with Crippen molar-refractivity contribution in [2.75, 3.05) is 52.4 Å². The molecular weight excluding hydrogens is 186 g/mol. The molecule has 0 amide bonds. The van der Waals surface area contributed by atoms with Gasteiger partial charge in [0, 0.05) is 45.8 Å². The number of hydrogen-bond acceptors (Lipinski definition) is 3. The maximum atomic E-state index is 3.69. The van der Waals surface area contributed by atoms with E-state index in [-0.39, 0.29) is 0 Å². The van der Waals surface area contributed by atoms with Gasteiger partial charge in [0.15, 0.2) is 0 Å². The first kappa shape index (κ1) is 12.7. The van der Waals surface area contributed by atoms with Crippen molar-refractivity contribution in [3.63, 3.8) is 0 Å². The Kier molecular flexibility index (Phi) is 6.64. The Morgan fingerprint density at radius 3 is 2.27 bits per heavy atom. The summed E-state index contributed by atoms with van der Waals surface area (Å²) in [4.78, 5) is 5.11. The highest BCUT2D eigenvalue weighted by Crippen LogP contribution is 2.01. The molecule has 0 unspecified atom stereocenters. The number of hydrogen-bond donors (Lipinski definition) is 1. The van der Waals surface area contributed by atoms with Crippen LogP contribution in [0.4, 0.5) is 0 Å². The van der Waals surface area contributed by atoms with Gasteiger partial charge in [-0.2, -0.15) is 0 Å². The molecule has 3 heteroatoms. The molecule has 1 fully saturated rings. The second-order valence-electron chi connectivity index (χ2n) is 4.18. The Morgan fingerprint density at radius 2 is 1.73 bits per heavy atom. The molecule has 0 aliphatic carbocycles. The first-order valence-corrected chi connectivity index (χ1v) is 6.13. The van der Waals surface area contributed by atoms with E-state index in [0.717, 1.165) is 13.1 Å². The molecule has 0 radical (unpaired) electrons. The fourth-order valence-corrected chi connectivity index (χ4v) is 1.99. The Hall–Kier alpha value is -0.380. The van der Waals surface area contributed by atoms with E-state index in [1.54, 1.807) is 0 Å². The van der Waals surface area contributed by atoms with Crippen molar-refractivity contribution in [2.24, 2.45) is 0 Å². The fourth-order valence-electron chi connectivity index (χ4n) is 1.99. The maximum absolute atomic E-state index is 3.69. The molecule has 15 heavy (non-hydrogen) atoms. The lowest BCUT2D eigenvalue weighted by Gasteiger charge is -2.34. The van der Waals surface area contributed by atoms with Crippen LogP contribution in [0.3, 0.4) is 0 Å². The Balaban J connectivity index is 2.01. The summed E-state index contributed by atoms with van der Waals surface area (Å²) in [5.41, 5.74) is 0. The molecule has 1 saturated heterocycles. The zero-order valence-electron chi connectivity index (χ0n) is 10.0. The molecule has 0 spiro atoms. The zero-order chi connectivity index (χ0) is 10.9. The average molecular weight is 211 g/mol. The first-order chi connectivity index (χ1) is 7.36. The molecule has 0 atom stereocenters. The van der Waals surface area contributed by atoms with Crippen molar-refractivity contribution in [3.8, 4) is 0 Å². The highest BCUT2D eigenvalue weighted by atomic mass is 15.3. The van der Waals surface area contributed by atoms with Gasteiger partial charge in [-0.3, -0.25) is 4.90 Å². The van der Waals surface area contributed by atoms with Gasteiger partial charge >= 0.3 is 0 Å². The van der Waals surface area contributed by atoms with E-state index in [2.05, 4.69) is 28.6 Å². The van der Waals surface area contributed by atoms with Crippen LogP contribution in [0.5, 0.6) is 0 Å². The van der Waals surface area contributed by atoms with Crippen LogP contribution in [0.2, 0.25) is 0 Å². The molecule has 1 N–H and O–H groups in total. The van der Waals surface area contributed by atoms with Gasteiger partial charge < -0.3 is 10.2 Å². The highest BCUT2D eigenvalue weighted by Gasteiger charge is 2.14. The van der Waals surface area contributed by atoms with Crippen LogP contribution in [0.1, 0.15) is 13.3 Å². The van der Waals surface area contributed by atoms with Crippen molar-refractivity contribution < 1.29 is 0 Å². The zero-order valence-corrected chi connectivity index (χ0v) is 10.0. The van der Waals surface area contributed by atoms with E-state index in [9.17, 15) is 0 Å². The molecule has 0 aromatic heterocycles. The lowest BCUT2D eigenvalue weighted by Crippen LogP contribution is -2.48. The Morgan fingerprint density at radius 1 is 1.13 bits per heavy atom. The van der Waals surface area contributed by atoms with Crippen LogP contribution in [-0.2, 0) is 0 Å². The summed E-state index contributed by atoms with van der Waals surface area (Å²) >= 11 is 0. The summed E-state index contributed by atoms with van der Waals surface area (Å²) in [5.74, 6) is 0. The van der Waals surface area contributed by atoms with Crippen molar-refractivity contribution in [2.45, 2.75) is 13.3 Å². The molecular formula is C12H25N3. The Bertz CT molecular complexity index is 162. The van der Waals surface area contributed by atoms with E-state index >= 15 is 0 Å². The van der Waals surface area contributed by atoms with Crippen LogP contribution in [0.25, 0.3) is 0 Å². The number of rotatable bonds is 7. The van der Waals surface area contributed by atoms with E-state index in [1.807, 2.05) is 6.08 Å². The largest absolute Gasteiger partial charge is 0.312 e. The molecule has 0 saturated carbocycles. The van der Waals surface area contributed by atoms with Gasteiger partial charge in [0.25, 0.3) is 0 Å². The minimum atomic E-state index is 0.926. The molecule has 3 nitrogen and oxygen atoms in total. The van der Waals surface area contributed by atoms with Crippen molar-refractivity contribution in [1.29, 1.82) is 0 Å². The average Bonchev–Trinajstić information content (AvgIpc) is 2.27.